The number of carbonyl (C=O) groups is 2. The van der Waals surface area contributed by atoms with Crippen molar-refractivity contribution >= 4 is 11.8 Å². The topological polar surface area (TPSA) is 84.2 Å². The van der Waals surface area contributed by atoms with Gasteiger partial charge in [-0.15, -0.1) is 0 Å². The molecule has 0 atom stereocenters. The Hall–Kier alpha value is -1.95. The number of hydrogen-bond donors (Lipinski definition) is 3. The first-order chi connectivity index (χ1) is 9.56. The number of benzene rings is 1. The van der Waals surface area contributed by atoms with E-state index in [0.717, 1.165) is 12.8 Å². The van der Waals surface area contributed by atoms with Crippen LogP contribution in [-0.4, -0.2) is 24.4 Å². The van der Waals surface area contributed by atoms with Crippen LogP contribution in [-0.2, 0) is 11.3 Å². The number of primary amides is 1. The molecule has 108 valence electrons. The molecule has 0 heterocycles. The van der Waals surface area contributed by atoms with Crippen LogP contribution in [0.3, 0.4) is 0 Å². The zero-order chi connectivity index (χ0) is 14.5. The lowest BCUT2D eigenvalue weighted by Crippen LogP contribution is -2.29. The molecule has 5 nitrogen and oxygen atoms in total. The van der Waals surface area contributed by atoms with Crippen LogP contribution in [0.4, 0.5) is 4.39 Å². The maximum absolute atomic E-state index is 13.5. The number of amides is 2. The molecule has 1 fully saturated rings. The quantitative estimate of drug-likeness (QED) is 0.642. The lowest BCUT2D eigenvalue weighted by molar-refractivity contribution is -0.121. The van der Waals surface area contributed by atoms with Gasteiger partial charge in [-0.25, -0.2) is 4.39 Å². The minimum Gasteiger partial charge on any atom is -0.366 e. The zero-order valence-corrected chi connectivity index (χ0v) is 11.1. The molecule has 0 radical (unpaired) electrons. The molecule has 1 aromatic carbocycles. The van der Waals surface area contributed by atoms with E-state index in [2.05, 4.69) is 10.6 Å². The fourth-order valence-corrected chi connectivity index (χ4v) is 1.82. The van der Waals surface area contributed by atoms with E-state index in [1.165, 1.54) is 18.2 Å². The van der Waals surface area contributed by atoms with E-state index in [-0.39, 0.29) is 18.0 Å². The SMILES string of the molecule is NC(=O)c1ccc(F)c(CNCCC(=O)NC2CC2)c1. The fourth-order valence-electron chi connectivity index (χ4n) is 1.82. The average molecular weight is 279 g/mol. The van der Waals surface area contributed by atoms with Crippen LogP contribution in [0.1, 0.15) is 35.2 Å². The van der Waals surface area contributed by atoms with E-state index in [0.29, 0.717) is 24.6 Å². The van der Waals surface area contributed by atoms with E-state index in [1.54, 1.807) is 0 Å². The molecule has 0 aliphatic heterocycles. The molecular weight excluding hydrogens is 261 g/mol. The van der Waals surface area contributed by atoms with Crippen LogP contribution in [0.15, 0.2) is 18.2 Å². The van der Waals surface area contributed by atoms with E-state index >= 15 is 0 Å². The summed E-state index contributed by atoms with van der Waals surface area (Å²) in [6.45, 7) is 0.711. The monoisotopic (exact) mass is 279 g/mol. The lowest BCUT2D eigenvalue weighted by atomic mass is 10.1. The number of nitrogens with one attached hydrogen (secondary N) is 2. The number of halogens is 1. The molecule has 1 aliphatic carbocycles. The van der Waals surface area contributed by atoms with E-state index < -0.39 is 11.7 Å². The fraction of sp³-hybridized carbons (Fsp3) is 0.429. The first kappa shape index (κ1) is 14.5. The normalized spacial score (nSPS) is 14.1. The molecule has 0 aromatic heterocycles. The summed E-state index contributed by atoms with van der Waals surface area (Å²) in [6.07, 6.45) is 2.47. The summed E-state index contributed by atoms with van der Waals surface area (Å²) in [5.41, 5.74) is 5.78. The summed E-state index contributed by atoms with van der Waals surface area (Å²) in [5, 5.41) is 5.85. The predicted octanol–water partition coefficient (Wildman–Crippen LogP) is 0.683. The maximum Gasteiger partial charge on any atom is 0.248 e. The molecule has 6 heteroatoms. The van der Waals surface area contributed by atoms with Crippen LogP contribution in [0.25, 0.3) is 0 Å². The van der Waals surface area contributed by atoms with Gasteiger partial charge in [0.1, 0.15) is 5.82 Å². The number of nitrogens with two attached hydrogens (primary N) is 1. The average Bonchev–Trinajstić information content (AvgIpc) is 3.20. The van der Waals surface area contributed by atoms with Crippen molar-refractivity contribution in [2.75, 3.05) is 6.54 Å². The van der Waals surface area contributed by atoms with Crippen molar-refractivity contribution in [3.05, 3.63) is 35.1 Å². The molecule has 20 heavy (non-hydrogen) atoms. The standard InChI is InChI=1S/C14H18FN3O2/c15-12-4-1-9(14(16)20)7-10(12)8-17-6-5-13(19)18-11-2-3-11/h1,4,7,11,17H,2-3,5-6,8H2,(H2,16,20)(H,18,19). The minimum atomic E-state index is -0.588. The largest absolute Gasteiger partial charge is 0.366 e. The van der Waals surface area contributed by atoms with Gasteiger partial charge in [-0.1, -0.05) is 0 Å². The lowest BCUT2D eigenvalue weighted by Gasteiger charge is -2.07. The molecule has 1 aromatic rings. The van der Waals surface area contributed by atoms with Gasteiger partial charge < -0.3 is 16.4 Å². The van der Waals surface area contributed by atoms with Gasteiger partial charge in [0.25, 0.3) is 0 Å². The second-order valence-corrected chi connectivity index (χ2v) is 4.94. The van der Waals surface area contributed by atoms with Gasteiger partial charge in [-0.2, -0.15) is 0 Å². The number of hydrogen-bond acceptors (Lipinski definition) is 3. The van der Waals surface area contributed by atoms with Crippen LogP contribution >= 0.6 is 0 Å². The van der Waals surface area contributed by atoms with Crippen molar-refractivity contribution in [2.24, 2.45) is 5.73 Å². The second-order valence-electron chi connectivity index (χ2n) is 4.94. The Morgan fingerprint density at radius 1 is 1.35 bits per heavy atom. The van der Waals surface area contributed by atoms with Gasteiger partial charge in [-0.3, -0.25) is 9.59 Å². The number of rotatable bonds is 7. The summed E-state index contributed by atoms with van der Waals surface area (Å²) in [7, 11) is 0. The Labute approximate surface area is 116 Å². The van der Waals surface area contributed by atoms with Gasteiger partial charge in [0.05, 0.1) is 0 Å². The molecule has 4 N–H and O–H groups in total. The van der Waals surface area contributed by atoms with Crippen LogP contribution in [0, 0.1) is 5.82 Å². The third-order valence-electron chi connectivity index (χ3n) is 3.12. The van der Waals surface area contributed by atoms with Crippen molar-refractivity contribution in [3.8, 4) is 0 Å². The van der Waals surface area contributed by atoms with Crippen molar-refractivity contribution in [1.82, 2.24) is 10.6 Å². The van der Waals surface area contributed by atoms with Crippen LogP contribution in [0.5, 0.6) is 0 Å². The van der Waals surface area contributed by atoms with E-state index in [1.807, 2.05) is 0 Å². The predicted molar refractivity (Wildman–Crippen MR) is 72.4 cm³/mol. The first-order valence-corrected chi connectivity index (χ1v) is 6.64. The van der Waals surface area contributed by atoms with Gasteiger partial charge in [-0.05, 0) is 31.0 Å². The van der Waals surface area contributed by atoms with Crippen LogP contribution in [0.2, 0.25) is 0 Å². The maximum atomic E-state index is 13.5. The van der Waals surface area contributed by atoms with Crippen molar-refractivity contribution in [2.45, 2.75) is 31.8 Å². The van der Waals surface area contributed by atoms with Crippen molar-refractivity contribution in [3.63, 3.8) is 0 Å². The summed E-state index contributed by atoms with van der Waals surface area (Å²) in [6, 6.07) is 4.35. The Morgan fingerprint density at radius 3 is 2.75 bits per heavy atom. The molecule has 1 aliphatic rings. The zero-order valence-electron chi connectivity index (χ0n) is 11.1. The third-order valence-corrected chi connectivity index (χ3v) is 3.12. The van der Waals surface area contributed by atoms with Gasteiger partial charge in [0.15, 0.2) is 0 Å². The number of carbonyl (C=O) groups excluding carboxylic acids is 2. The van der Waals surface area contributed by atoms with Crippen molar-refractivity contribution < 1.29 is 14.0 Å². The minimum absolute atomic E-state index is 0.00589. The Kier molecular flexibility index (Phi) is 4.68. The van der Waals surface area contributed by atoms with Gasteiger partial charge >= 0.3 is 0 Å². The molecule has 0 bridgehead atoms. The highest BCUT2D eigenvalue weighted by atomic mass is 19.1. The molecule has 0 saturated heterocycles. The summed E-state index contributed by atoms with van der Waals surface area (Å²) < 4.78 is 13.5. The molecule has 2 amide bonds. The molecule has 0 unspecified atom stereocenters. The summed E-state index contributed by atoms with van der Waals surface area (Å²) in [4.78, 5) is 22.4. The third kappa shape index (κ3) is 4.31. The van der Waals surface area contributed by atoms with Crippen molar-refractivity contribution in [1.29, 1.82) is 0 Å². The summed E-state index contributed by atoms with van der Waals surface area (Å²) >= 11 is 0. The van der Waals surface area contributed by atoms with Crippen LogP contribution < -0.4 is 16.4 Å². The second kappa shape index (κ2) is 6.47. The van der Waals surface area contributed by atoms with E-state index in [4.69, 9.17) is 5.73 Å². The molecule has 1 saturated carbocycles. The van der Waals surface area contributed by atoms with E-state index in [9.17, 15) is 14.0 Å². The Balaban J connectivity index is 1.76. The molecule has 2 rings (SSSR count). The van der Waals surface area contributed by atoms with Gasteiger partial charge in [0.2, 0.25) is 11.8 Å². The highest BCUT2D eigenvalue weighted by Crippen LogP contribution is 2.18. The van der Waals surface area contributed by atoms with Gasteiger partial charge in [0, 0.05) is 36.7 Å². The smallest absolute Gasteiger partial charge is 0.248 e. The first-order valence-electron chi connectivity index (χ1n) is 6.64. The molecule has 0 spiro atoms. The highest BCUT2D eigenvalue weighted by molar-refractivity contribution is 5.92. The molecular formula is C14H18FN3O2. The Bertz CT molecular complexity index is 515. The Morgan fingerprint density at radius 2 is 2.10 bits per heavy atom. The summed E-state index contributed by atoms with van der Waals surface area (Å²) in [5.74, 6) is -0.980. The highest BCUT2D eigenvalue weighted by Gasteiger charge is 2.22.